The van der Waals surface area contributed by atoms with Crippen molar-refractivity contribution in [1.82, 2.24) is 5.32 Å². The van der Waals surface area contributed by atoms with Gasteiger partial charge < -0.3 is 14.6 Å². The van der Waals surface area contributed by atoms with Gasteiger partial charge in [0.1, 0.15) is 6.04 Å². The van der Waals surface area contributed by atoms with E-state index < -0.39 is 12.5 Å². The van der Waals surface area contributed by atoms with E-state index in [2.05, 4.69) is 5.32 Å². The molecule has 0 aliphatic heterocycles. The molecular formula is C10H19NO4. The Morgan fingerprint density at radius 2 is 2.27 bits per heavy atom. The number of ether oxygens (including phenoxy) is 2. The molecule has 0 aromatic rings. The SMILES string of the molecule is CCOC(O)NC(C)C(=O)OCC1CC1. The molecule has 0 aromatic heterocycles. The van der Waals surface area contributed by atoms with E-state index in [0.29, 0.717) is 19.1 Å². The third-order valence-electron chi connectivity index (χ3n) is 2.23. The highest BCUT2D eigenvalue weighted by atomic mass is 16.6. The molecule has 88 valence electrons. The predicted octanol–water partition coefficient (Wildman–Crippen LogP) is 0.230. The summed E-state index contributed by atoms with van der Waals surface area (Å²) in [6.45, 7) is 4.28. The van der Waals surface area contributed by atoms with Crippen molar-refractivity contribution in [2.45, 2.75) is 39.1 Å². The largest absolute Gasteiger partial charge is 0.464 e. The number of hydrogen-bond acceptors (Lipinski definition) is 5. The molecule has 0 amide bonds. The number of rotatable bonds is 7. The Labute approximate surface area is 89.8 Å². The van der Waals surface area contributed by atoms with Gasteiger partial charge >= 0.3 is 5.97 Å². The van der Waals surface area contributed by atoms with Crippen molar-refractivity contribution in [3.8, 4) is 0 Å². The van der Waals surface area contributed by atoms with Crippen LogP contribution in [-0.4, -0.2) is 36.7 Å². The molecular weight excluding hydrogens is 198 g/mol. The third kappa shape index (κ3) is 5.11. The molecule has 1 aliphatic carbocycles. The molecule has 1 fully saturated rings. The zero-order chi connectivity index (χ0) is 11.3. The summed E-state index contributed by atoms with van der Waals surface area (Å²) in [6.07, 6.45) is 1.19. The average molecular weight is 217 g/mol. The van der Waals surface area contributed by atoms with Crippen molar-refractivity contribution in [3.63, 3.8) is 0 Å². The summed E-state index contributed by atoms with van der Waals surface area (Å²) in [5, 5.41) is 11.8. The second kappa shape index (κ2) is 6.05. The first-order valence-corrected chi connectivity index (χ1v) is 5.35. The van der Waals surface area contributed by atoms with Crippen molar-refractivity contribution in [3.05, 3.63) is 0 Å². The maximum atomic E-state index is 11.4. The summed E-state index contributed by atoms with van der Waals surface area (Å²) in [5.74, 6) is 0.207. The number of hydrogen-bond donors (Lipinski definition) is 2. The van der Waals surface area contributed by atoms with Gasteiger partial charge in [-0.3, -0.25) is 10.1 Å². The van der Waals surface area contributed by atoms with Crippen LogP contribution in [0.15, 0.2) is 0 Å². The van der Waals surface area contributed by atoms with Crippen LogP contribution < -0.4 is 5.32 Å². The lowest BCUT2D eigenvalue weighted by atomic mass is 10.3. The first kappa shape index (κ1) is 12.4. The molecule has 1 rings (SSSR count). The lowest BCUT2D eigenvalue weighted by Gasteiger charge is -2.17. The van der Waals surface area contributed by atoms with Crippen LogP contribution >= 0.6 is 0 Å². The molecule has 2 unspecified atom stereocenters. The summed E-state index contributed by atoms with van der Waals surface area (Å²) in [7, 11) is 0. The lowest BCUT2D eigenvalue weighted by Crippen LogP contribution is -2.43. The molecule has 0 saturated heterocycles. The first-order valence-electron chi connectivity index (χ1n) is 5.35. The fraction of sp³-hybridized carbons (Fsp3) is 0.900. The van der Waals surface area contributed by atoms with Gasteiger partial charge in [0.2, 0.25) is 6.41 Å². The maximum absolute atomic E-state index is 11.4. The van der Waals surface area contributed by atoms with Gasteiger partial charge in [0, 0.05) is 6.61 Å². The smallest absolute Gasteiger partial charge is 0.323 e. The van der Waals surface area contributed by atoms with E-state index in [1.807, 2.05) is 0 Å². The molecule has 5 nitrogen and oxygen atoms in total. The average Bonchev–Trinajstić information content (AvgIpc) is 2.97. The number of aliphatic hydroxyl groups is 1. The van der Waals surface area contributed by atoms with Crippen LogP contribution in [0.4, 0.5) is 0 Å². The molecule has 0 heterocycles. The van der Waals surface area contributed by atoms with Crippen LogP contribution in [-0.2, 0) is 14.3 Å². The van der Waals surface area contributed by atoms with Crippen molar-refractivity contribution >= 4 is 5.97 Å². The molecule has 0 spiro atoms. The minimum Gasteiger partial charge on any atom is -0.464 e. The quantitative estimate of drug-likeness (QED) is 0.472. The molecule has 0 radical (unpaired) electrons. The number of carbonyl (C=O) groups is 1. The molecule has 0 bridgehead atoms. The van der Waals surface area contributed by atoms with E-state index >= 15 is 0 Å². The van der Waals surface area contributed by atoms with Gasteiger partial charge in [0.15, 0.2) is 0 Å². The van der Waals surface area contributed by atoms with Gasteiger partial charge in [0.05, 0.1) is 6.61 Å². The van der Waals surface area contributed by atoms with E-state index in [0.717, 1.165) is 12.8 Å². The van der Waals surface area contributed by atoms with Gasteiger partial charge in [-0.15, -0.1) is 0 Å². The molecule has 2 N–H and O–H groups in total. The van der Waals surface area contributed by atoms with Crippen molar-refractivity contribution in [2.24, 2.45) is 5.92 Å². The van der Waals surface area contributed by atoms with Crippen LogP contribution in [0.2, 0.25) is 0 Å². The minimum absolute atomic E-state index is 0.347. The highest BCUT2D eigenvalue weighted by Crippen LogP contribution is 2.28. The van der Waals surface area contributed by atoms with Gasteiger partial charge in [-0.2, -0.15) is 0 Å². The molecule has 2 atom stereocenters. The van der Waals surface area contributed by atoms with Crippen LogP contribution in [0.25, 0.3) is 0 Å². The van der Waals surface area contributed by atoms with Gasteiger partial charge in [0.25, 0.3) is 0 Å². The van der Waals surface area contributed by atoms with E-state index in [1.165, 1.54) is 0 Å². The number of carbonyl (C=O) groups excluding carboxylic acids is 1. The molecule has 1 saturated carbocycles. The van der Waals surface area contributed by atoms with Gasteiger partial charge in [-0.25, -0.2) is 0 Å². The van der Waals surface area contributed by atoms with E-state index in [9.17, 15) is 9.90 Å². The summed E-state index contributed by atoms with van der Waals surface area (Å²) >= 11 is 0. The Morgan fingerprint density at radius 1 is 1.60 bits per heavy atom. The van der Waals surface area contributed by atoms with Crippen LogP contribution in [0, 0.1) is 5.92 Å². The zero-order valence-corrected chi connectivity index (χ0v) is 9.23. The molecule has 15 heavy (non-hydrogen) atoms. The standard InChI is InChI=1S/C10H19NO4/c1-3-14-10(13)11-7(2)9(12)15-6-8-4-5-8/h7-8,10-11,13H,3-6H2,1-2H3. The topological polar surface area (TPSA) is 67.8 Å². The fourth-order valence-electron chi connectivity index (χ4n) is 1.10. The Bertz CT molecular complexity index is 206. The second-order valence-corrected chi connectivity index (χ2v) is 3.77. The Kier molecular flexibility index (Phi) is 5.01. The summed E-state index contributed by atoms with van der Waals surface area (Å²) < 4.78 is 9.88. The van der Waals surface area contributed by atoms with Crippen LogP contribution in [0.3, 0.4) is 0 Å². The Balaban J connectivity index is 2.12. The predicted molar refractivity (Wildman–Crippen MR) is 53.9 cm³/mol. The minimum atomic E-state index is -1.11. The first-order chi connectivity index (χ1) is 7.13. The summed E-state index contributed by atoms with van der Waals surface area (Å²) in [4.78, 5) is 11.4. The summed E-state index contributed by atoms with van der Waals surface area (Å²) in [6, 6.07) is -0.551. The number of nitrogens with one attached hydrogen (secondary N) is 1. The lowest BCUT2D eigenvalue weighted by molar-refractivity contribution is -0.155. The highest BCUT2D eigenvalue weighted by molar-refractivity contribution is 5.75. The third-order valence-corrected chi connectivity index (χ3v) is 2.23. The normalized spacial score (nSPS) is 19.7. The Hall–Kier alpha value is -0.650. The Morgan fingerprint density at radius 3 is 2.80 bits per heavy atom. The highest BCUT2D eigenvalue weighted by Gasteiger charge is 2.25. The monoisotopic (exact) mass is 217 g/mol. The number of esters is 1. The van der Waals surface area contributed by atoms with E-state index in [-0.39, 0.29) is 5.97 Å². The fourth-order valence-corrected chi connectivity index (χ4v) is 1.10. The van der Waals surface area contributed by atoms with E-state index in [4.69, 9.17) is 9.47 Å². The summed E-state index contributed by atoms with van der Waals surface area (Å²) in [5.41, 5.74) is 0. The van der Waals surface area contributed by atoms with Crippen molar-refractivity contribution in [2.75, 3.05) is 13.2 Å². The van der Waals surface area contributed by atoms with Crippen molar-refractivity contribution < 1.29 is 19.4 Å². The maximum Gasteiger partial charge on any atom is 0.323 e. The van der Waals surface area contributed by atoms with Crippen LogP contribution in [0.5, 0.6) is 0 Å². The van der Waals surface area contributed by atoms with Gasteiger partial charge in [-0.1, -0.05) is 0 Å². The van der Waals surface area contributed by atoms with E-state index in [1.54, 1.807) is 13.8 Å². The van der Waals surface area contributed by atoms with Gasteiger partial charge in [-0.05, 0) is 32.6 Å². The molecule has 0 aromatic carbocycles. The number of aliphatic hydroxyl groups excluding tert-OH is 1. The van der Waals surface area contributed by atoms with Crippen molar-refractivity contribution in [1.29, 1.82) is 0 Å². The molecule has 5 heteroatoms. The zero-order valence-electron chi connectivity index (χ0n) is 9.23. The molecule has 1 aliphatic rings. The van der Waals surface area contributed by atoms with Crippen LogP contribution in [0.1, 0.15) is 26.7 Å². The second-order valence-electron chi connectivity index (χ2n) is 3.77.